The van der Waals surface area contributed by atoms with Crippen LogP contribution in [0.15, 0.2) is 18.2 Å². The quantitative estimate of drug-likeness (QED) is 0.850. The summed E-state index contributed by atoms with van der Waals surface area (Å²) in [5.41, 5.74) is -0.274. The van der Waals surface area contributed by atoms with Crippen molar-refractivity contribution in [3.05, 3.63) is 29.6 Å². The molecule has 0 aliphatic carbocycles. The number of nitrogens with one attached hydrogen (secondary N) is 1. The van der Waals surface area contributed by atoms with Gasteiger partial charge in [0.05, 0.1) is 0 Å². The largest absolute Gasteiger partial charge is 0.507 e. The fourth-order valence-corrected chi connectivity index (χ4v) is 2.26. The molecule has 2 N–H and O–H groups in total. The molecule has 1 fully saturated rings. The van der Waals surface area contributed by atoms with Gasteiger partial charge in [0, 0.05) is 13.1 Å². The third-order valence-corrected chi connectivity index (χ3v) is 3.26. The minimum absolute atomic E-state index is 0.274. The minimum atomic E-state index is -0.698. The fourth-order valence-electron chi connectivity index (χ4n) is 2.26. The summed E-state index contributed by atoms with van der Waals surface area (Å²) in [6, 6.07) is 3.84. The van der Waals surface area contributed by atoms with Gasteiger partial charge < -0.3 is 15.3 Å². The van der Waals surface area contributed by atoms with E-state index in [0.29, 0.717) is 12.5 Å². The number of likely N-dealkylation sites (tertiary alicyclic amines) is 1. The zero-order valence-electron chi connectivity index (χ0n) is 10.3. The summed E-state index contributed by atoms with van der Waals surface area (Å²) in [7, 11) is 2.03. The van der Waals surface area contributed by atoms with Gasteiger partial charge in [-0.2, -0.15) is 0 Å². The average molecular weight is 252 g/mol. The normalized spacial score (nSPS) is 20.0. The van der Waals surface area contributed by atoms with Crippen LogP contribution in [0.2, 0.25) is 0 Å². The molecule has 18 heavy (non-hydrogen) atoms. The van der Waals surface area contributed by atoms with E-state index in [1.165, 1.54) is 12.1 Å². The SMILES string of the molecule is CN1CCC(CNC(=O)c2c(O)cccc2F)C1. The van der Waals surface area contributed by atoms with E-state index in [9.17, 15) is 14.3 Å². The number of halogens is 1. The Kier molecular flexibility index (Phi) is 3.81. The molecule has 1 amide bonds. The van der Waals surface area contributed by atoms with Crippen molar-refractivity contribution in [3.63, 3.8) is 0 Å². The lowest BCUT2D eigenvalue weighted by Gasteiger charge is -2.12. The predicted molar refractivity (Wildman–Crippen MR) is 66.0 cm³/mol. The summed E-state index contributed by atoms with van der Waals surface area (Å²) in [4.78, 5) is 14.0. The number of benzene rings is 1. The standard InChI is InChI=1S/C13H17FN2O2/c1-16-6-5-9(8-16)7-15-13(18)12-10(14)3-2-4-11(12)17/h2-4,9,17H,5-8H2,1H3,(H,15,18). The van der Waals surface area contributed by atoms with Crippen LogP contribution in [0.1, 0.15) is 16.8 Å². The Balaban J connectivity index is 1.96. The van der Waals surface area contributed by atoms with Gasteiger partial charge in [0.25, 0.3) is 5.91 Å². The molecule has 1 atom stereocenters. The predicted octanol–water partition coefficient (Wildman–Crippen LogP) is 1.21. The summed E-state index contributed by atoms with van der Waals surface area (Å²) < 4.78 is 13.4. The number of carbonyl (C=O) groups is 1. The number of phenolic OH excluding ortho intramolecular Hbond substituents is 1. The molecule has 1 aliphatic heterocycles. The van der Waals surface area contributed by atoms with Crippen LogP contribution >= 0.6 is 0 Å². The van der Waals surface area contributed by atoms with Crippen molar-refractivity contribution >= 4 is 5.91 Å². The molecule has 1 unspecified atom stereocenters. The number of aromatic hydroxyl groups is 1. The van der Waals surface area contributed by atoms with Gasteiger partial charge in [0.1, 0.15) is 17.1 Å². The van der Waals surface area contributed by atoms with Gasteiger partial charge in [-0.1, -0.05) is 6.07 Å². The minimum Gasteiger partial charge on any atom is -0.507 e. The Morgan fingerprint density at radius 1 is 1.61 bits per heavy atom. The lowest BCUT2D eigenvalue weighted by atomic mass is 10.1. The molecule has 5 heteroatoms. The Morgan fingerprint density at radius 2 is 2.39 bits per heavy atom. The Labute approximate surface area is 105 Å². The van der Waals surface area contributed by atoms with E-state index < -0.39 is 11.7 Å². The molecule has 0 spiro atoms. The van der Waals surface area contributed by atoms with Gasteiger partial charge in [-0.05, 0) is 38.1 Å². The van der Waals surface area contributed by atoms with E-state index in [4.69, 9.17) is 0 Å². The Morgan fingerprint density at radius 3 is 3.00 bits per heavy atom. The van der Waals surface area contributed by atoms with Crippen molar-refractivity contribution in [3.8, 4) is 5.75 Å². The molecule has 0 radical (unpaired) electrons. The number of nitrogens with zero attached hydrogens (tertiary/aromatic N) is 1. The van der Waals surface area contributed by atoms with Crippen LogP contribution in [-0.2, 0) is 0 Å². The summed E-state index contributed by atoms with van der Waals surface area (Å²) in [6.07, 6.45) is 1.03. The first-order valence-corrected chi connectivity index (χ1v) is 6.02. The lowest BCUT2D eigenvalue weighted by molar-refractivity contribution is 0.0940. The highest BCUT2D eigenvalue weighted by Crippen LogP contribution is 2.20. The Hall–Kier alpha value is -1.62. The van der Waals surface area contributed by atoms with Gasteiger partial charge in [-0.15, -0.1) is 0 Å². The molecular formula is C13H17FN2O2. The second-order valence-corrected chi connectivity index (χ2v) is 4.76. The van der Waals surface area contributed by atoms with Crippen LogP contribution in [0.25, 0.3) is 0 Å². The van der Waals surface area contributed by atoms with Crippen LogP contribution < -0.4 is 5.32 Å². The topological polar surface area (TPSA) is 52.6 Å². The molecule has 1 heterocycles. The molecule has 98 valence electrons. The van der Waals surface area contributed by atoms with Crippen molar-refractivity contribution in [2.75, 3.05) is 26.7 Å². The molecule has 4 nitrogen and oxygen atoms in total. The third-order valence-electron chi connectivity index (χ3n) is 3.26. The maximum atomic E-state index is 13.4. The molecule has 2 rings (SSSR count). The molecule has 0 bridgehead atoms. The zero-order valence-corrected chi connectivity index (χ0v) is 10.3. The van der Waals surface area contributed by atoms with Crippen LogP contribution in [0.5, 0.6) is 5.75 Å². The molecule has 1 saturated heterocycles. The molecular weight excluding hydrogens is 235 g/mol. The number of hydrogen-bond acceptors (Lipinski definition) is 3. The first-order valence-electron chi connectivity index (χ1n) is 6.02. The number of carbonyl (C=O) groups excluding carboxylic acids is 1. The third kappa shape index (κ3) is 2.79. The second-order valence-electron chi connectivity index (χ2n) is 4.76. The van der Waals surface area contributed by atoms with E-state index in [0.717, 1.165) is 25.6 Å². The van der Waals surface area contributed by atoms with Crippen molar-refractivity contribution in [1.82, 2.24) is 10.2 Å². The number of amides is 1. The summed E-state index contributed by atoms with van der Waals surface area (Å²) >= 11 is 0. The van der Waals surface area contributed by atoms with Gasteiger partial charge in [-0.3, -0.25) is 4.79 Å². The van der Waals surface area contributed by atoms with Crippen molar-refractivity contribution in [2.45, 2.75) is 6.42 Å². The highest BCUT2D eigenvalue weighted by Gasteiger charge is 2.22. The number of hydrogen-bond donors (Lipinski definition) is 2. The smallest absolute Gasteiger partial charge is 0.258 e. The first-order chi connectivity index (χ1) is 8.58. The molecule has 0 saturated carbocycles. The molecule has 1 aromatic rings. The van der Waals surface area contributed by atoms with Crippen LogP contribution in [0.3, 0.4) is 0 Å². The second kappa shape index (κ2) is 5.35. The van der Waals surface area contributed by atoms with Gasteiger partial charge >= 0.3 is 0 Å². The van der Waals surface area contributed by atoms with Crippen LogP contribution in [0, 0.1) is 11.7 Å². The van der Waals surface area contributed by atoms with Crippen LogP contribution in [-0.4, -0.2) is 42.6 Å². The monoisotopic (exact) mass is 252 g/mol. The Bertz CT molecular complexity index is 430. The fraction of sp³-hybridized carbons (Fsp3) is 0.462. The molecule has 1 aliphatic rings. The highest BCUT2D eigenvalue weighted by atomic mass is 19.1. The van der Waals surface area contributed by atoms with E-state index in [2.05, 4.69) is 10.2 Å². The lowest BCUT2D eigenvalue weighted by Crippen LogP contribution is -2.31. The average Bonchev–Trinajstić information content (AvgIpc) is 2.72. The number of rotatable bonds is 3. The van der Waals surface area contributed by atoms with Crippen molar-refractivity contribution in [1.29, 1.82) is 0 Å². The maximum Gasteiger partial charge on any atom is 0.258 e. The summed E-state index contributed by atoms with van der Waals surface area (Å²) in [5, 5.41) is 12.2. The van der Waals surface area contributed by atoms with E-state index >= 15 is 0 Å². The van der Waals surface area contributed by atoms with Crippen molar-refractivity contribution < 1.29 is 14.3 Å². The van der Waals surface area contributed by atoms with E-state index in [1.54, 1.807) is 0 Å². The van der Waals surface area contributed by atoms with Gasteiger partial charge in [0.2, 0.25) is 0 Å². The summed E-state index contributed by atoms with van der Waals surface area (Å²) in [6.45, 7) is 2.46. The summed E-state index contributed by atoms with van der Waals surface area (Å²) in [5.74, 6) is -1.18. The first kappa shape index (κ1) is 12.8. The van der Waals surface area contributed by atoms with E-state index in [1.807, 2.05) is 7.05 Å². The van der Waals surface area contributed by atoms with Gasteiger partial charge in [0.15, 0.2) is 0 Å². The highest BCUT2D eigenvalue weighted by molar-refractivity contribution is 5.97. The van der Waals surface area contributed by atoms with Crippen LogP contribution in [0.4, 0.5) is 4.39 Å². The zero-order chi connectivity index (χ0) is 13.1. The van der Waals surface area contributed by atoms with Crippen molar-refractivity contribution in [2.24, 2.45) is 5.92 Å². The van der Waals surface area contributed by atoms with E-state index in [-0.39, 0.29) is 11.3 Å². The maximum absolute atomic E-state index is 13.4. The molecule has 0 aromatic heterocycles. The number of phenols is 1. The van der Waals surface area contributed by atoms with Gasteiger partial charge in [-0.25, -0.2) is 4.39 Å². The molecule has 1 aromatic carbocycles.